The van der Waals surface area contributed by atoms with Gasteiger partial charge >= 0.3 is 0 Å². The van der Waals surface area contributed by atoms with E-state index in [0.29, 0.717) is 40.8 Å². The van der Waals surface area contributed by atoms with Crippen molar-refractivity contribution in [3.8, 4) is 23.0 Å². The molecule has 3 fully saturated rings. The third-order valence-electron chi connectivity index (χ3n) is 9.28. The SMILES string of the molecule is COc1cc2c(Oc3ccc(NC(=O)C4(C(=O)Nc5ccc(F)c(F)c5)CC4)cc3F)ccnc2cc1OCC1(NC2CCOCC2)CC1. The van der Waals surface area contributed by atoms with Crippen molar-refractivity contribution in [2.24, 2.45) is 5.41 Å². The van der Waals surface area contributed by atoms with Crippen LogP contribution in [0.1, 0.15) is 38.5 Å². The average molecular weight is 677 g/mol. The molecule has 1 aliphatic heterocycles. The predicted octanol–water partition coefficient (Wildman–Crippen LogP) is 6.49. The summed E-state index contributed by atoms with van der Waals surface area (Å²) < 4.78 is 65.5. The summed E-state index contributed by atoms with van der Waals surface area (Å²) in [5.41, 5.74) is -0.777. The topological polar surface area (TPSA) is 120 Å². The Morgan fingerprint density at radius 2 is 1.51 bits per heavy atom. The zero-order valence-electron chi connectivity index (χ0n) is 26.7. The molecule has 0 atom stereocenters. The van der Waals surface area contributed by atoms with Crippen molar-refractivity contribution in [2.45, 2.75) is 50.1 Å². The second-order valence-corrected chi connectivity index (χ2v) is 12.8. The van der Waals surface area contributed by atoms with Crippen LogP contribution >= 0.6 is 0 Å². The van der Waals surface area contributed by atoms with E-state index in [1.165, 1.54) is 18.2 Å². The van der Waals surface area contributed by atoms with Gasteiger partial charge in [-0.25, -0.2) is 13.2 Å². The lowest BCUT2D eigenvalue weighted by molar-refractivity contribution is -0.131. The first kappa shape index (κ1) is 32.7. The molecule has 3 aromatic carbocycles. The van der Waals surface area contributed by atoms with Crippen LogP contribution in [-0.4, -0.2) is 55.3 Å². The van der Waals surface area contributed by atoms with E-state index in [1.54, 1.807) is 31.5 Å². The van der Waals surface area contributed by atoms with E-state index in [0.717, 1.165) is 57.1 Å². The van der Waals surface area contributed by atoms with Crippen molar-refractivity contribution in [1.82, 2.24) is 10.3 Å². The third-order valence-corrected chi connectivity index (χ3v) is 9.28. The Bertz CT molecular complexity index is 1910. The number of halogens is 3. The average Bonchev–Trinajstić information content (AvgIpc) is 4.04. The van der Waals surface area contributed by atoms with E-state index >= 15 is 4.39 Å². The summed E-state index contributed by atoms with van der Waals surface area (Å²) in [6, 6.07) is 12.4. The normalized spacial score (nSPS) is 17.6. The molecule has 2 aliphatic carbocycles. The van der Waals surface area contributed by atoms with Crippen molar-refractivity contribution < 1.29 is 41.7 Å². The first-order chi connectivity index (χ1) is 23.7. The Hall–Kier alpha value is -4.88. The van der Waals surface area contributed by atoms with E-state index < -0.39 is 34.7 Å². The number of amides is 2. The predicted molar refractivity (Wildman–Crippen MR) is 174 cm³/mol. The first-order valence-corrected chi connectivity index (χ1v) is 16.2. The minimum atomic E-state index is -1.41. The number of aromatic nitrogens is 1. The number of hydrogen-bond donors (Lipinski definition) is 3. The molecule has 1 saturated heterocycles. The summed E-state index contributed by atoms with van der Waals surface area (Å²) in [5, 5.41) is 9.37. The van der Waals surface area contributed by atoms with Crippen LogP contribution < -0.4 is 30.2 Å². The Morgan fingerprint density at radius 1 is 0.816 bits per heavy atom. The minimum Gasteiger partial charge on any atom is -0.493 e. The van der Waals surface area contributed by atoms with E-state index in [4.69, 9.17) is 18.9 Å². The summed E-state index contributed by atoms with van der Waals surface area (Å²) in [6.07, 6.45) is 6.07. The number of nitrogens with zero attached hydrogens (tertiary/aromatic N) is 1. The van der Waals surface area contributed by atoms with Crippen molar-refractivity contribution >= 4 is 34.1 Å². The van der Waals surface area contributed by atoms with Crippen LogP contribution in [0.15, 0.2) is 60.8 Å². The highest BCUT2D eigenvalue weighted by Gasteiger charge is 2.56. The number of ether oxygens (including phenoxy) is 4. The zero-order valence-corrected chi connectivity index (χ0v) is 26.7. The molecule has 4 aromatic rings. The van der Waals surface area contributed by atoms with Crippen molar-refractivity contribution in [3.05, 3.63) is 78.2 Å². The molecule has 2 amide bonds. The largest absolute Gasteiger partial charge is 0.493 e. The van der Waals surface area contributed by atoms with Gasteiger partial charge < -0.3 is 34.9 Å². The van der Waals surface area contributed by atoms with Crippen LogP contribution in [0, 0.1) is 22.9 Å². The molecule has 49 heavy (non-hydrogen) atoms. The molecule has 13 heteroatoms. The molecule has 3 N–H and O–H groups in total. The summed E-state index contributed by atoms with van der Waals surface area (Å²) >= 11 is 0. The molecular weight excluding hydrogens is 641 g/mol. The number of carbonyl (C=O) groups excluding carboxylic acids is 2. The standard InChI is InChI=1S/C36H35F3N4O6/c1-46-31-18-24-28(19-32(31)48-20-35(9-10-35)43-21-7-14-47-15-8-21)40-13-6-29(24)49-30-5-3-23(17-27(30)39)42-34(45)36(11-12-36)33(44)41-22-2-4-25(37)26(38)16-22/h2-6,13,16-19,21,43H,7-12,14-15,20H2,1H3,(H,41,44)(H,42,45). The van der Waals surface area contributed by atoms with Crippen LogP contribution in [0.25, 0.3) is 10.9 Å². The fourth-order valence-electron chi connectivity index (χ4n) is 6.00. The van der Waals surface area contributed by atoms with Gasteiger partial charge in [-0.2, -0.15) is 0 Å². The van der Waals surface area contributed by atoms with Crippen molar-refractivity contribution in [1.29, 1.82) is 0 Å². The fraction of sp³-hybridized carbons (Fsp3) is 0.361. The molecular formula is C36H35F3N4O6. The van der Waals surface area contributed by atoms with Crippen molar-refractivity contribution in [2.75, 3.05) is 37.6 Å². The van der Waals surface area contributed by atoms with E-state index in [9.17, 15) is 18.4 Å². The number of rotatable bonds is 12. The van der Waals surface area contributed by atoms with Gasteiger partial charge in [-0.3, -0.25) is 14.6 Å². The highest BCUT2D eigenvalue weighted by molar-refractivity contribution is 6.16. The lowest BCUT2D eigenvalue weighted by Gasteiger charge is -2.28. The number of benzene rings is 3. The quantitative estimate of drug-likeness (QED) is 0.146. The lowest BCUT2D eigenvalue weighted by Crippen LogP contribution is -2.46. The number of nitrogens with one attached hydrogen (secondary N) is 3. The number of anilines is 2. The lowest BCUT2D eigenvalue weighted by atomic mass is 10.0. The van der Waals surface area contributed by atoms with E-state index in [2.05, 4.69) is 20.9 Å². The number of fused-ring (bicyclic) bond motifs is 1. The third kappa shape index (κ3) is 6.99. The summed E-state index contributed by atoms with van der Waals surface area (Å²) in [4.78, 5) is 30.4. The number of hydrogen-bond acceptors (Lipinski definition) is 8. The van der Waals surface area contributed by atoms with Crippen LogP contribution in [0.3, 0.4) is 0 Å². The van der Waals surface area contributed by atoms with Gasteiger partial charge in [0.25, 0.3) is 0 Å². The summed E-state index contributed by atoms with van der Waals surface area (Å²) in [6.45, 7) is 2.01. The number of carbonyl (C=O) groups is 2. The Labute approximate surface area is 280 Å². The van der Waals surface area contributed by atoms with Crippen LogP contribution in [0.5, 0.6) is 23.0 Å². The zero-order chi connectivity index (χ0) is 34.2. The molecule has 0 spiro atoms. The molecule has 3 aliphatic rings. The first-order valence-electron chi connectivity index (χ1n) is 16.2. The van der Waals surface area contributed by atoms with Gasteiger partial charge in [-0.1, -0.05) is 0 Å². The van der Waals surface area contributed by atoms with Gasteiger partial charge in [0.15, 0.2) is 34.7 Å². The summed E-state index contributed by atoms with van der Waals surface area (Å²) in [7, 11) is 1.54. The molecule has 7 rings (SSSR count). The smallest absolute Gasteiger partial charge is 0.240 e. The molecule has 0 unspecified atom stereocenters. The van der Waals surface area contributed by atoms with Gasteiger partial charge in [-0.15, -0.1) is 0 Å². The molecule has 0 radical (unpaired) electrons. The maximum atomic E-state index is 15.3. The molecule has 10 nitrogen and oxygen atoms in total. The molecule has 0 bridgehead atoms. The molecule has 256 valence electrons. The Morgan fingerprint density at radius 3 is 2.14 bits per heavy atom. The van der Waals surface area contributed by atoms with E-state index in [1.807, 2.05) is 0 Å². The van der Waals surface area contributed by atoms with E-state index in [-0.39, 0.29) is 35.5 Å². The van der Waals surface area contributed by atoms with Gasteiger partial charge in [0.1, 0.15) is 17.8 Å². The molecule has 1 aromatic heterocycles. The maximum Gasteiger partial charge on any atom is 0.240 e. The second kappa shape index (κ2) is 13.2. The number of methoxy groups -OCH3 is 1. The highest BCUT2D eigenvalue weighted by Crippen LogP contribution is 2.48. The maximum absolute atomic E-state index is 15.3. The van der Waals surface area contributed by atoms with Gasteiger partial charge in [0.2, 0.25) is 11.8 Å². The van der Waals surface area contributed by atoms with Crippen molar-refractivity contribution in [3.63, 3.8) is 0 Å². The monoisotopic (exact) mass is 676 g/mol. The highest BCUT2D eigenvalue weighted by atomic mass is 19.2. The molecule has 2 saturated carbocycles. The van der Waals surface area contributed by atoms with Gasteiger partial charge in [0.05, 0.1) is 18.2 Å². The molecule has 2 heterocycles. The fourth-order valence-corrected chi connectivity index (χ4v) is 6.00. The van der Waals surface area contributed by atoms with Gasteiger partial charge in [-0.05, 0) is 74.9 Å². The van der Waals surface area contributed by atoms with Crippen LogP contribution in [0.4, 0.5) is 24.5 Å². The van der Waals surface area contributed by atoms with Crippen LogP contribution in [-0.2, 0) is 14.3 Å². The Kier molecular flexibility index (Phi) is 8.80. The summed E-state index contributed by atoms with van der Waals surface area (Å²) in [5.74, 6) is -2.99. The minimum absolute atomic E-state index is 0.0191. The Balaban J connectivity index is 1.01. The van der Waals surface area contributed by atoms with Crippen LogP contribution in [0.2, 0.25) is 0 Å². The van der Waals surface area contributed by atoms with Gasteiger partial charge in [0, 0.05) is 60.4 Å². The second-order valence-electron chi connectivity index (χ2n) is 12.8. The number of pyridine rings is 1.